The molecular weight excluding hydrogens is 332 g/mol. The zero-order valence-corrected chi connectivity index (χ0v) is 13.6. The maximum Gasteiger partial charge on any atom is 0.269 e. The largest absolute Gasteiger partial charge is 0.321 e. The molecule has 0 aliphatic rings. The van der Waals surface area contributed by atoms with Crippen LogP contribution in [0.2, 0.25) is 0 Å². The number of rotatable bonds is 3. The first-order valence-electron chi connectivity index (χ1n) is 6.89. The molecule has 0 radical (unpaired) electrons. The third kappa shape index (κ3) is 2.65. The van der Waals surface area contributed by atoms with Gasteiger partial charge in [-0.15, -0.1) is 11.3 Å². The van der Waals surface area contributed by atoms with Gasteiger partial charge in [0.25, 0.3) is 17.2 Å². The molecule has 1 amide bonds. The first-order valence-corrected chi connectivity index (χ1v) is 7.70. The molecule has 3 aromatic rings. The SMILES string of the molecule is Cc1c(C(=O)Nc2ccc([N+](=O)[O-])cc2)sc2ncn(C)c(=O)c12. The van der Waals surface area contributed by atoms with Crippen LogP contribution >= 0.6 is 11.3 Å². The maximum atomic E-state index is 12.4. The minimum Gasteiger partial charge on any atom is -0.321 e. The monoisotopic (exact) mass is 344 g/mol. The fourth-order valence-corrected chi connectivity index (χ4v) is 3.31. The highest BCUT2D eigenvalue weighted by Crippen LogP contribution is 2.27. The van der Waals surface area contributed by atoms with E-state index in [1.54, 1.807) is 14.0 Å². The van der Waals surface area contributed by atoms with Gasteiger partial charge in [0.05, 0.1) is 21.5 Å². The number of amides is 1. The van der Waals surface area contributed by atoms with Crippen molar-refractivity contribution in [1.82, 2.24) is 9.55 Å². The summed E-state index contributed by atoms with van der Waals surface area (Å²) in [6.07, 6.45) is 1.42. The van der Waals surface area contributed by atoms with E-state index in [4.69, 9.17) is 0 Å². The van der Waals surface area contributed by atoms with E-state index in [1.165, 1.54) is 35.2 Å². The van der Waals surface area contributed by atoms with Crippen LogP contribution in [0.25, 0.3) is 10.2 Å². The Kier molecular flexibility index (Phi) is 3.86. The molecule has 0 fully saturated rings. The van der Waals surface area contributed by atoms with Crippen LogP contribution in [0.3, 0.4) is 0 Å². The lowest BCUT2D eigenvalue weighted by Crippen LogP contribution is -2.17. The number of thiophene rings is 1. The van der Waals surface area contributed by atoms with E-state index in [2.05, 4.69) is 10.3 Å². The second-order valence-electron chi connectivity index (χ2n) is 5.16. The van der Waals surface area contributed by atoms with Crippen molar-refractivity contribution >= 4 is 38.8 Å². The Morgan fingerprint density at radius 1 is 1.33 bits per heavy atom. The predicted molar refractivity (Wildman–Crippen MR) is 90.6 cm³/mol. The minimum atomic E-state index is -0.511. The number of hydrogen-bond donors (Lipinski definition) is 1. The Hall–Kier alpha value is -3.07. The summed E-state index contributed by atoms with van der Waals surface area (Å²) in [5, 5.41) is 13.7. The van der Waals surface area contributed by atoms with E-state index in [9.17, 15) is 19.7 Å². The van der Waals surface area contributed by atoms with Gasteiger partial charge in [0.2, 0.25) is 0 Å². The lowest BCUT2D eigenvalue weighted by Gasteiger charge is -2.04. The summed E-state index contributed by atoms with van der Waals surface area (Å²) in [7, 11) is 1.60. The van der Waals surface area contributed by atoms with Gasteiger partial charge < -0.3 is 9.88 Å². The maximum absolute atomic E-state index is 12.4. The van der Waals surface area contributed by atoms with E-state index in [0.29, 0.717) is 26.3 Å². The normalized spacial score (nSPS) is 10.8. The summed E-state index contributed by atoms with van der Waals surface area (Å²) >= 11 is 1.14. The Morgan fingerprint density at radius 3 is 2.62 bits per heavy atom. The summed E-state index contributed by atoms with van der Waals surface area (Å²) in [5.41, 5.74) is 0.744. The summed E-state index contributed by atoms with van der Waals surface area (Å²) in [5.74, 6) is -0.383. The van der Waals surface area contributed by atoms with Crippen LogP contribution < -0.4 is 10.9 Å². The average molecular weight is 344 g/mol. The van der Waals surface area contributed by atoms with Crippen LogP contribution in [-0.2, 0) is 7.05 Å². The van der Waals surface area contributed by atoms with Crippen molar-refractivity contribution in [2.75, 3.05) is 5.32 Å². The summed E-state index contributed by atoms with van der Waals surface area (Å²) in [6, 6.07) is 5.53. The van der Waals surface area contributed by atoms with Gasteiger partial charge in [0, 0.05) is 24.9 Å². The topological polar surface area (TPSA) is 107 Å². The van der Waals surface area contributed by atoms with Gasteiger partial charge in [-0.1, -0.05) is 0 Å². The molecule has 2 aromatic heterocycles. The Morgan fingerprint density at radius 2 is 2.00 bits per heavy atom. The highest BCUT2D eigenvalue weighted by molar-refractivity contribution is 7.20. The fraction of sp³-hybridized carbons (Fsp3) is 0.133. The number of nitrogens with one attached hydrogen (secondary N) is 1. The molecule has 3 rings (SSSR count). The molecule has 0 unspecified atom stereocenters. The van der Waals surface area contributed by atoms with Crippen LogP contribution in [0.5, 0.6) is 0 Å². The summed E-state index contributed by atoms with van der Waals surface area (Å²) in [4.78, 5) is 39.8. The first-order chi connectivity index (χ1) is 11.4. The van der Waals surface area contributed by atoms with Crippen molar-refractivity contribution in [2.45, 2.75) is 6.92 Å². The quantitative estimate of drug-likeness (QED) is 0.580. The minimum absolute atomic E-state index is 0.0567. The number of hydrogen-bond acceptors (Lipinski definition) is 6. The van der Waals surface area contributed by atoms with Gasteiger partial charge in [0.1, 0.15) is 4.83 Å². The number of anilines is 1. The molecule has 0 saturated carbocycles. The molecule has 24 heavy (non-hydrogen) atoms. The smallest absolute Gasteiger partial charge is 0.269 e. The lowest BCUT2D eigenvalue weighted by atomic mass is 10.2. The Balaban J connectivity index is 1.94. The number of carbonyl (C=O) groups excluding carboxylic acids is 1. The molecule has 122 valence electrons. The molecule has 9 heteroatoms. The molecule has 2 heterocycles. The molecule has 1 aromatic carbocycles. The Bertz CT molecular complexity index is 1020. The standard InChI is InChI=1S/C15H12N4O4S/c1-8-11-14(16-7-18(2)15(11)21)24-12(8)13(20)17-9-3-5-10(6-4-9)19(22)23/h3-7H,1-2H3,(H,17,20). The van der Waals surface area contributed by atoms with E-state index in [1.807, 2.05) is 0 Å². The average Bonchev–Trinajstić information content (AvgIpc) is 2.89. The summed E-state index contributed by atoms with van der Waals surface area (Å²) < 4.78 is 1.36. The van der Waals surface area contributed by atoms with E-state index >= 15 is 0 Å². The van der Waals surface area contributed by atoms with Crippen LogP contribution in [0.15, 0.2) is 35.4 Å². The van der Waals surface area contributed by atoms with Crippen molar-refractivity contribution in [1.29, 1.82) is 0 Å². The van der Waals surface area contributed by atoms with Gasteiger partial charge >= 0.3 is 0 Å². The zero-order chi connectivity index (χ0) is 17.4. The van der Waals surface area contributed by atoms with E-state index in [0.717, 1.165) is 11.3 Å². The highest BCUT2D eigenvalue weighted by Gasteiger charge is 2.19. The molecule has 0 aliphatic carbocycles. The third-order valence-corrected chi connectivity index (χ3v) is 4.75. The molecular formula is C15H12N4O4S. The fourth-order valence-electron chi connectivity index (χ4n) is 2.28. The number of non-ortho nitro benzene ring substituents is 1. The zero-order valence-electron chi connectivity index (χ0n) is 12.8. The second-order valence-corrected chi connectivity index (χ2v) is 6.15. The van der Waals surface area contributed by atoms with Crippen molar-refractivity contribution in [3.63, 3.8) is 0 Å². The molecule has 0 bridgehead atoms. The van der Waals surface area contributed by atoms with Crippen molar-refractivity contribution in [3.8, 4) is 0 Å². The first kappa shape index (κ1) is 15.8. The van der Waals surface area contributed by atoms with Crippen LogP contribution in [0.1, 0.15) is 15.2 Å². The third-order valence-electron chi connectivity index (χ3n) is 3.55. The molecule has 0 aliphatic heterocycles. The molecule has 0 spiro atoms. The lowest BCUT2D eigenvalue weighted by molar-refractivity contribution is -0.384. The van der Waals surface area contributed by atoms with Crippen molar-refractivity contribution in [3.05, 3.63) is 61.5 Å². The van der Waals surface area contributed by atoms with Gasteiger partial charge in [-0.2, -0.15) is 0 Å². The van der Waals surface area contributed by atoms with Crippen molar-refractivity contribution < 1.29 is 9.72 Å². The predicted octanol–water partition coefficient (Wildman–Crippen LogP) is 2.46. The van der Waals surface area contributed by atoms with Crippen LogP contribution in [-0.4, -0.2) is 20.4 Å². The number of aromatic nitrogens is 2. The number of aryl methyl sites for hydroxylation is 2. The van der Waals surface area contributed by atoms with Gasteiger partial charge in [-0.05, 0) is 24.6 Å². The van der Waals surface area contributed by atoms with Gasteiger partial charge in [-0.25, -0.2) is 4.98 Å². The molecule has 1 N–H and O–H groups in total. The number of fused-ring (bicyclic) bond motifs is 1. The van der Waals surface area contributed by atoms with Crippen molar-refractivity contribution in [2.24, 2.45) is 7.05 Å². The highest BCUT2D eigenvalue weighted by atomic mass is 32.1. The molecule has 0 atom stereocenters. The van der Waals surface area contributed by atoms with Gasteiger partial charge in [-0.3, -0.25) is 19.7 Å². The second kappa shape index (κ2) is 5.85. The molecule has 8 nitrogen and oxygen atoms in total. The number of benzene rings is 1. The van der Waals surface area contributed by atoms with Crippen LogP contribution in [0.4, 0.5) is 11.4 Å². The van der Waals surface area contributed by atoms with E-state index in [-0.39, 0.29) is 17.2 Å². The molecule has 0 saturated heterocycles. The van der Waals surface area contributed by atoms with Crippen LogP contribution in [0, 0.1) is 17.0 Å². The number of nitro benzene ring substituents is 1. The van der Waals surface area contributed by atoms with Gasteiger partial charge in [0.15, 0.2) is 0 Å². The number of nitro groups is 1. The van der Waals surface area contributed by atoms with E-state index < -0.39 is 4.92 Å². The number of nitrogens with zero attached hydrogens (tertiary/aromatic N) is 3. The number of carbonyl (C=O) groups is 1. The summed E-state index contributed by atoms with van der Waals surface area (Å²) in [6.45, 7) is 1.70. The Labute approximate surface area is 139 Å².